The number of hydrazine groups is 1. The van der Waals surface area contributed by atoms with E-state index in [1.807, 2.05) is 6.92 Å². The Balaban J connectivity index is 2.53. The monoisotopic (exact) mass is 170 g/mol. The van der Waals surface area contributed by atoms with E-state index in [2.05, 4.69) is 22.2 Å². The van der Waals surface area contributed by atoms with Gasteiger partial charge >= 0.3 is 0 Å². The van der Waals surface area contributed by atoms with Crippen LogP contribution in [0.2, 0.25) is 0 Å². The largest absolute Gasteiger partial charge is 0.339 e. The molecule has 0 aromatic heterocycles. The first-order valence-electron chi connectivity index (χ1n) is 4.61. The van der Waals surface area contributed by atoms with E-state index in [0.29, 0.717) is 6.04 Å². The highest BCUT2D eigenvalue weighted by Crippen LogP contribution is 2.26. The molecule has 0 aliphatic heterocycles. The molecule has 70 valence electrons. The summed E-state index contributed by atoms with van der Waals surface area (Å²) in [6, 6.07) is 0.677. The SMILES string of the molecule is CCN=C(NN)N(CC)C1CC1. The third-order valence-electron chi connectivity index (χ3n) is 2.04. The van der Waals surface area contributed by atoms with Crippen LogP contribution in [0.3, 0.4) is 0 Å². The summed E-state index contributed by atoms with van der Waals surface area (Å²) in [5, 5.41) is 0. The first-order chi connectivity index (χ1) is 5.83. The third-order valence-corrected chi connectivity index (χ3v) is 2.04. The Kier molecular flexibility index (Phi) is 3.34. The van der Waals surface area contributed by atoms with Crippen LogP contribution < -0.4 is 11.3 Å². The molecule has 1 aliphatic rings. The maximum absolute atomic E-state index is 5.38. The molecule has 0 aromatic rings. The minimum Gasteiger partial charge on any atom is -0.339 e. The number of hydrogen-bond donors (Lipinski definition) is 2. The lowest BCUT2D eigenvalue weighted by Gasteiger charge is -2.23. The number of nitrogens with one attached hydrogen (secondary N) is 1. The van der Waals surface area contributed by atoms with Crippen LogP contribution in [0.1, 0.15) is 26.7 Å². The average molecular weight is 170 g/mol. The average Bonchev–Trinajstić information content (AvgIpc) is 2.88. The minimum atomic E-state index is 0.677. The fourth-order valence-electron chi connectivity index (χ4n) is 1.34. The topological polar surface area (TPSA) is 53.6 Å². The molecule has 12 heavy (non-hydrogen) atoms. The predicted octanol–water partition coefficient (Wildman–Crippen LogP) is 0.310. The van der Waals surface area contributed by atoms with E-state index in [9.17, 15) is 0 Å². The Morgan fingerprint density at radius 1 is 1.58 bits per heavy atom. The minimum absolute atomic E-state index is 0.677. The predicted molar refractivity (Wildman–Crippen MR) is 50.7 cm³/mol. The fourth-order valence-corrected chi connectivity index (χ4v) is 1.34. The lowest BCUT2D eigenvalue weighted by atomic mass is 10.5. The van der Waals surface area contributed by atoms with Crippen molar-refractivity contribution in [1.29, 1.82) is 0 Å². The van der Waals surface area contributed by atoms with Gasteiger partial charge in [-0.15, -0.1) is 0 Å². The molecular formula is C8H18N4. The Morgan fingerprint density at radius 3 is 2.58 bits per heavy atom. The standard InChI is InChI=1S/C8H18N4/c1-3-10-8(11-9)12(4-2)7-5-6-7/h7H,3-6,9H2,1-2H3,(H,10,11). The van der Waals surface area contributed by atoms with Crippen molar-refractivity contribution >= 4 is 5.96 Å². The molecule has 1 fully saturated rings. The fraction of sp³-hybridized carbons (Fsp3) is 0.875. The summed E-state index contributed by atoms with van der Waals surface area (Å²) in [6.45, 7) is 5.90. The van der Waals surface area contributed by atoms with Crippen molar-refractivity contribution in [3.8, 4) is 0 Å². The van der Waals surface area contributed by atoms with Crippen LogP contribution in [0.25, 0.3) is 0 Å². The highest BCUT2D eigenvalue weighted by atomic mass is 15.4. The van der Waals surface area contributed by atoms with Gasteiger partial charge in [0.2, 0.25) is 5.96 Å². The molecule has 4 heteroatoms. The van der Waals surface area contributed by atoms with E-state index in [0.717, 1.165) is 19.0 Å². The quantitative estimate of drug-likeness (QED) is 0.277. The van der Waals surface area contributed by atoms with Crippen LogP contribution in [0.15, 0.2) is 4.99 Å². The van der Waals surface area contributed by atoms with Gasteiger partial charge in [-0.25, -0.2) is 5.84 Å². The van der Waals surface area contributed by atoms with Crippen LogP contribution >= 0.6 is 0 Å². The molecule has 0 aromatic carbocycles. The van der Waals surface area contributed by atoms with Crippen LogP contribution in [-0.2, 0) is 0 Å². The molecule has 0 amide bonds. The molecule has 1 aliphatic carbocycles. The third kappa shape index (κ3) is 2.11. The number of rotatable bonds is 3. The maximum Gasteiger partial charge on any atom is 0.208 e. The van der Waals surface area contributed by atoms with Crippen molar-refractivity contribution in [2.75, 3.05) is 13.1 Å². The lowest BCUT2D eigenvalue weighted by Crippen LogP contribution is -2.45. The van der Waals surface area contributed by atoms with E-state index < -0.39 is 0 Å². The number of nitrogens with zero attached hydrogens (tertiary/aromatic N) is 2. The molecule has 0 spiro atoms. The molecule has 0 unspecified atom stereocenters. The van der Waals surface area contributed by atoms with Crippen molar-refractivity contribution < 1.29 is 0 Å². The normalized spacial score (nSPS) is 17.8. The van der Waals surface area contributed by atoms with Crippen LogP contribution in [0, 0.1) is 0 Å². The summed E-state index contributed by atoms with van der Waals surface area (Å²) in [7, 11) is 0. The molecule has 3 N–H and O–H groups in total. The second-order valence-corrected chi connectivity index (χ2v) is 2.96. The van der Waals surface area contributed by atoms with E-state index in [1.165, 1.54) is 12.8 Å². The van der Waals surface area contributed by atoms with Gasteiger partial charge in [-0.05, 0) is 26.7 Å². The van der Waals surface area contributed by atoms with Crippen molar-refractivity contribution in [3.63, 3.8) is 0 Å². The zero-order chi connectivity index (χ0) is 8.97. The van der Waals surface area contributed by atoms with E-state index in [-0.39, 0.29) is 0 Å². The molecule has 0 atom stereocenters. The Bertz CT molecular complexity index is 162. The van der Waals surface area contributed by atoms with Crippen LogP contribution in [0.5, 0.6) is 0 Å². The summed E-state index contributed by atoms with van der Waals surface area (Å²) < 4.78 is 0. The van der Waals surface area contributed by atoms with Crippen LogP contribution in [0.4, 0.5) is 0 Å². The van der Waals surface area contributed by atoms with E-state index >= 15 is 0 Å². The van der Waals surface area contributed by atoms with Crippen molar-refractivity contribution in [2.45, 2.75) is 32.7 Å². The number of aliphatic imine (C=N–C) groups is 1. The van der Waals surface area contributed by atoms with Crippen LogP contribution in [-0.4, -0.2) is 30.0 Å². The summed E-state index contributed by atoms with van der Waals surface area (Å²) in [5.41, 5.74) is 2.65. The van der Waals surface area contributed by atoms with Gasteiger partial charge in [-0.2, -0.15) is 0 Å². The zero-order valence-electron chi connectivity index (χ0n) is 7.88. The molecule has 1 rings (SSSR count). The Morgan fingerprint density at radius 2 is 2.25 bits per heavy atom. The number of nitrogens with two attached hydrogens (primary N) is 1. The van der Waals surface area contributed by atoms with Gasteiger partial charge in [0.05, 0.1) is 0 Å². The van der Waals surface area contributed by atoms with Crippen molar-refractivity contribution in [2.24, 2.45) is 10.8 Å². The van der Waals surface area contributed by atoms with Gasteiger partial charge in [0.15, 0.2) is 0 Å². The highest BCUT2D eigenvalue weighted by Gasteiger charge is 2.29. The molecule has 0 heterocycles. The van der Waals surface area contributed by atoms with Gasteiger partial charge in [0, 0.05) is 19.1 Å². The summed E-state index contributed by atoms with van der Waals surface area (Å²) >= 11 is 0. The van der Waals surface area contributed by atoms with Crippen molar-refractivity contribution in [3.05, 3.63) is 0 Å². The molecular weight excluding hydrogens is 152 g/mol. The summed E-state index contributed by atoms with van der Waals surface area (Å²) in [5.74, 6) is 6.21. The molecule has 0 saturated heterocycles. The first-order valence-corrected chi connectivity index (χ1v) is 4.61. The summed E-state index contributed by atoms with van der Waals surface area (Å²) in [4.78, 5) is 6.51. The molecule has 0 bridgehead atoms. The van der Waals surface area contributed by atoms with E-state index in [4.69, 9.17) is 5.84 Å². The highest BCUT2D eigenvalue weighted by molar-refractivity contribution is 5.79. The zero-order valence-corrected chi connectivity index (χ0v) is 7.88. The van der Waals surface area contributed by atoms with Gasteiger partial charge in [-0.3, -0.25) is 10.4 Å². The van der Waals surface area contributed by atoms with E-state index in [1.54, 1.807) is 0 Å². The lowest BCUT2D eigenvalue weighted by molar-refractivity contribution is 0.414. The summed E-state index contributed by atoms with van der Waals surface area (Å²) in [6.07, 6.45) is 2.55. The first kappa shape index (κ1) is 9.32. The van der Waals surface area contributed by atoms with Gasteiger partial charge in [0.25, 0.3) is 0 Å². The molecule has 4 nitrogen and oxygen atoms in total. The molecule has 1 saturated carbocycles. The Labute approximate surface area is 73.8 Å². The van der Waals surface area contributed by atoms with Gasteiger partial charge in [-0.1, -0.05) is 0 Å². The molecule has 0 radical (unpaired) electrons. The van der Waals surface area contributed by atoms with Gasteiger partial charge in [0.1, 0.15) is 0 Å². The Hall–Kier alpha value is -0.770. The smallest absolute Gasteiger partial charge is 0.208 e. The second kappa shape index (κ2) is 4.30. The number of hydrogen-bond acceptors (Lipinski definition) is 2. The second-order valence-electron chi connectivity index (χ2n) is 2.96. The van der Waals surface area contributed by atoms with Gasteiger partial charge < -0.3 is 4.90 Å². The maximum atomic E-state index is 5.38. The number of guanidine groups is 1. The van der Waals surface area contributed by atoms with Crippen molar-refractivity contribution in [1.82, 2.24) is 10.3 Å².